The van der Waals surface area contributed by atoms with Crippen molar-refractivity contribution in [3.8, 4) is 0 Å². The van der Waals surface area contributed by atoms with Gasteiger partial charge in [0.15, 0.2) is 0 Å². The Balaban J connectivity index is 2.05. The first-order chi connectivity index (χ1) is 10.5. The molecule has 0 spiro atoms. The minimum Gasteiger partial charge on any atom is -0.347 e. The summed E-state index contributed by atoms with van der Waals surface area (Å²) < 4.78 is 29.9. The van der Waals surface area contributed by atoms with Crippen LogP contribution in [0.5, 0.6) is 0 Å². The van der Waals surface area contributed by atoms with Gasteiger partial charge in [-0.05, 0) is 38.9 Å². The lowest BCUT2D eigenvalue weighted by molar-refractivity contribution is 0.451. The maximum Gasteiger partial charge on any atom is 0.245 e. The van der Waals surface area contributed by atoms with Crippen LogP contribution in [0.25, 0.3) is 10.9 Å². The Morgan fingerprint density at radius 2 is 2.05 bits per heavy atom. The predicted molar refractivity (Wildman–Crippen MR) is 88.4 cm³/mol. The molecule has 5 nitrogen and oxygen atoms in total. The van der Waals surface area contributed by atoms with Crippen molar-refractivity contribution in [3.05, 3.63) is 30.0 Å². The number of hydrogen-bond acceptors (Lipinski definition) is 3. The number of rotatable bonds is 4. The average molecular weight is 321 g/mol. The van der Waals surface area contributed by atoms with E-state index in [2.05, 4.69) is 5.32 Å². The van der Waals surface area contributed by atoms with Crippen LogP contribution in [-0.4, -0.2) is 44.0 Å². The molecular formula is C16H23N3O2S. The van der Waals surface area contributed by atoms with Crippen LogP contribution in [0.15, 0.2) is 29.2 Å². The summed E-state index contributed by atoms with van der Waals surface area (Å²) in [7, 11) is 0.388. The third-order valence-corrected chi connectivity index (χ3v) is 6.72. The van der Waals surface area contributed by atoms with Gasteiger partial charge in [-0.3, -0.25) is 0 Å². The first-order valence-corrected chi connectivity index (χ1v) is 9.09. The summed E-state index contributed by atoms with van der Waals surface area (Å²) in [4.78, 5) is 0.468. The number of benzene rings is 1. The smallest absolute Gasteiger partial charge is 0.245 e. The average Bonchev–Trinajstić information content (AvgIpc) is 3.05. The van der Waals surface area contributed by atoms with Crippen LogP contribution in [0.1, 0.15) is 12.1 Å². The number of hydrogen-bond donors (Lipinski definition) is 1. The second kappa shape index (κ2) is 5.68. The maximum absolute atomic E-state index is 13.1. The van der Waals surface area contributed by atoms with Crippen molar-refractivity contribution in [2.75, 3.05) is 26.7 Å². The quantitative estimate of drug-likeness (QED) is 0.933. The Morgan fingerprint density at radius 1 is 1.32 bits per heavy atom. The summed E-state index contributed by atoms with van der Waals surface area (Å²) in [6.45, 7) is 3.96. The van der Waals surface area contributed by atoms with Crippen molar-refractivity contribution in [2.45, 2.75) is 18.2 Å². The van der Waals surface area contributed by atoms with E-state index in [4.69, 9.17) is 0 Å². The van der Waals surface area contributed by atoms with Crippen LogP contribution in [0.2, 0.25) is 0 Å². The first kappa shape index (κ1) is 15.5. The van der Waals surface area contributed by atoms with Crippen molar-refractivity contribution in [3.63, 3.8) is 0 Å². The van der Waals surface area contributed by atoms with Gasteiger partial charge in [0, 0.05) is 36.7 Å². The minimum absolute atomic E-state index is 0.398. The predicted octanol–water partition coefficient (Wildman–Crippen LogP) is 1.72. The Kier molecular flexibility index (Phi) is 4.01. The lowest BCUT2D eigenvalue weighted by atomic mass is 10.1. The second-order valence-corrected chi connectivity index (χ2v) is 7.94. The second-order valence-electron chi connectivity index (χ2n) is 6.07. The van der Waals surface area contributed by atoms with Gasteiger partial charge in [-0.2, -0.15) is 4.31 Å². The van der Waals surface area contributed by atoms with Gasteiger partial charge < -0.3 is 9.88 Å². The number of para-hydroxylation sites is 1. The molecule has 1 aliphatic rings. The molecular weight excluding hydrogens is 298 g/mol. The zero-order valence-electron chi connectivity index (χ0n) is 13.3. The third kappa shape index (κ3) is 2.35. The Hall–Kier alpha value is -1.37. The first-order valence-electron chi connectivity index (χ1n) is 7.65. The van der Waals surface area contributed by atoms with Crippen LogP contribution in [0, 0.1) is 12.8 Å². The normalized spacial score (nSPS) is 20.0. The molecule has 2 aromatic rings. The van der Waals surface area contributed by atoms with Crippen molar-refractivity contribution in [2.24, 2.45) is 13.0 Å². The van der Waals surface area contributed by atoms with E-state index in [1.807, 2.05) is 49.9 Å². The fourth-order valence-corrected chi connectivity index (χ4v) is 5.38. The number of aryl methyl sites for hydroxylation is 1. The van der Waals surface area contributed by atoms with E-state index >= 15 is 0 Å². The highest BCUT2D eigenvalue weighted by Gasteiger charge is 2.35. The van der Waals surface area contributed by atoms with Gasteiger partial charge >= 0.3 is 0 Å². The molecule has 1 unspecified atom stereocenters. The maximum atomic E-state index is 13.1. The molecule has 22 heavy (non-hydrogen) atoms. The van der Waals surface area contributed by atoms with Crippen LogP contribution in [0.4, 0.5) is 0 Å². The summed E-state index contributed by atoms with van der Waals surface area (Å²) in [5.41, 5.74) is 1.77. The molecule has 0 saturated carbocycles. The molecule has 1 atom stereocenters. The van der Waals surface area contributed by atoms with E-state index in [-0.39, 0.29) is 0 Å². The van der Waals surface area contributed by atoms with Crippen molar-refractivity contribution in [1.29, 1.82) is 0 Å². The topological polar surface area (TPSA) is 54.3 Å². The molecule has 120 valence electrons. The molecule has 0 amide bonds. The Bertz CT molecular complexity index is 795. The van der Waals surface area contributed by atoms with Crippen molar-refractivity contribution in [1.82, 2.24) is 14.2 Å². The number of aromatic nitrogens is 1. The number of sulfonamides is 1. The van der Waals surface area contributed by atoms with Crippen molar-refractivity contribution < 1.29 is 8.42 Å². The number of nitrogens with zero attached hydrogens (tertiary/aromatic N) is 2. The van der Waals surface area contributed by atoms with E-state index in [1.54, 1.807) is 4.31 Å². The molecule has 3 rings (SSSR count). The standard InChI is InChI=1S/C16H23N3O2S/c1-12-16(14-6-4-5-7-15(14)18(12)3)22(20,21)19-9-8-13(11-19)10-17-2/h4-7,13,17H,8-11H2,1-3H3. The van der Waals surface area contributed by atoms with Crippen LogP contribution in [0.3, 0.4) is 0 Å². The SMILES string of the molecule is CNCC1CCN(S(=O)(=O)c2c(C)n(C)c3ccccc23)C1. The molecule has 2 heterocycles. The van der Waals surface area contributed by atoms with E-state index in [1.165, 1.54) is 0 Å². The zero-order valence-corrected chi connectivity index (χ0v) is 14.2. The highest BCUT2D eigenvalue weighted by molar-refractivity contribution is 7.89. The number of nitrogens with one attached hydrogen (secondary N) is 1. The van der Waals surface area contributed by atoms with Gasteiger partial charge in [0.05, 0.1) is 0 Å². The highest BCUT2D eigenvalue weighted by Crippen LogP contribution is 2.33. The molecule has 6 heteroatoms. The summed E-state index contributed by atoms with van der Waals surface area (Å²) >= 11 is 0. The van der Waals surface area contributed by atoms with Gasteiger partial charge in [0.1, 0.15) is 4.90 Å². The van der Waals surface area contributed by atoms with Crippen LogP contribution in [-0.2, 0) is 17.1 Å². The largest absolute Gasteiger partial charge is 0.347 e. The summed E-state index contributed by atoms with van der Waals surface area (Å²) in [5.74, 6) is 0.398. The summed E-state index contributed by atoms with van der Waals surface area (Å²) in [5, 5.41) is 3.96. The summed E-state index contributed by atoms with van der Waals surface area (Å²) in [6, 6.07) is 7.71. The molecule has 1 fully saturated rings. The lowest BCUT2D eigenvalue weighted by Gasteiger charge is -2.17. The monoisotopic (exact) mass is 321 g/mol. The van der Waals surface area contributed by atoms with Gasteiger partial charge in [0.2, 0.25) is 10.0 Å². The van der Waals surface area contributed by atoms with Gasteiger partial charge in [0.25, 0.3) is 0 Å². The van der Waals surface area contributed by atoms with E-state index in [0.717, 1.165) is 29.6 Å². The Morgan fingerprint density at radius 3 is 2.77 bits per heavy atom. The molecule has 1 N–H and O–H groups in total. The molecule has 1 aromatic carbocycles. The van der Waals surface area contributed by atoms with E-state index in [0.29, 0.717) is 23.9 Å². The minimum atomic E-state index is -3.44. The molecule has 1 aromatic heterocycles. The van der Waals surface area contributed by atoms with Crippen LogP contribution >= 0.6 is 0 Å². The van der Waals surface area contributed by atoms with Crippen molar-refractivity contribution >= 4 is 20.9 Å². The highest BCUT2D eigenvalue weighted by atomic mass is 32.2. The molecule has 0 radical (unpaired) electrons. The van der Waals surface area contributed by atoms with Gasteiger partial charge in [-0.1, -0.05) is 18.2 Å². The fraction of sp³-hybridized carbons (Fsp3) is 0.500. The molecule has 0 aliphatic carbocycles. The van der Waals surface area contributed by atoms with Gasteiger partial charge in [-0.15, -0.1) is 0 Å². The van der Waals surface area contributed by atoms with Gasteiger partial charge in [-0.25, -0.2) is 8.42 Å². The molecule has 1 aliphatic heterocycles. The summed E-state index contributed by atoms with van der Waals surface area (Å²) in [6.07, 6.45) is 0.921. The third-order valence-electron chi connectivity index (χ3n) is 4.68. The Labute approximate surface area is 132 Å². The lowest BCUT2D eigenvalue weighted by Crippen LogP contribution is -2.30. The zero-order chi connectivity index (χ0) is 15.9. The van der Waals surface area contributed by atoms with Crippen LogP contribution < -0.4 is 5.32 Å². The molecule has 1 saturated heterocycles. The van der Waals surface area contributed by atoms with E-state index in [9.17, 15) is 8.42 Å². The van der Waals surface area contributed by atoms with E-state index < -0.39 is 10.0 Å². The number of fused-ring (bicyclic) bond motifs is 1. The molecule has 0 bridgehead atoms. The fourth-order valence-electron chi connectivity index (χ4n) is 3.41.